The molecule has 2 heterocycles. The molecule has 1 aliphatic rings. The van der Waals surface area contributed by atoms with Crippen LogP contribution in [0.4, 0.5) is 0 Å². The lowest BCUT2D eigenvalue weighted by Gasteiger charge is -2.42. The third-order valence-electron chi connectivity index (χ3n) is 4.30. The summed E-state index contributed by atoms with van der Waals surface area (Å²) < 4.78 is 0. The van der Waals surface area contributed by atoms with Gasteiger partial charge in [0.25, 0.3) is 5.91 Å². The van der Waals surface area contributed by atoms with Gasteiger partial charge in [-0.05, 0) is 31.7 Å². The molecule has 0 saturated heterocycles. The zero-order valence-electron chi connectivity index (χ0n) is 11.4. The average Bonchev–Trinajstić information content (AvgIpc) is 2.84. The number of nitrogens with one attached hydrogen (secondary N) is 2. The summed E-state index contributed by atoms with van der Waals surface area (Å²) >= 11 is 0. The minimum absolute atomic E-state index is 0.0647. The predicted molar refractivity (Wildman–Crippen MR) is 74.2 cm³/mol. The number of carbonyl (C=O) groups is 1. The molecule has 1 unspecified atom stereocenters. The lowest BCUT2D eigenvalue weighted by molar-refractivity contribution is 0.0577. The van der Waals surface area contributed by atoms with Crippen LogP contribution in [0.15, 0.2) is 18.6 Å². The van der Waals surface area contributed by atoms with E-state index in [2.05, 4.69) is 20.3 Å². The summed E-state index contributed by atoms with van der Waals surface area (Å²) in [6, 6.07) is 1.78. The van der Waals surface area contributed by atoms with E-state index in [4.69, 9.17) is 0 Å². The van der Waals surface area contributed by atoms with Crippen LogP contribution in [0.25, 0.3) is 11.0 Å². The lowest BCUT2D eigenvalue weighted by atomic mass is 9.72. The second-order valence-electron chi connectivity index (χ2n) is 5.62. The van der Waals surface area contributed by atoms with Crippen LogP contribution in [0.3, 0.4) is 0 Å². The third-order valence-corrected chi connectivity index (χ3v) is 4.30. The SMILES string of the molecule is CC(CO)(NC(=O)c1ncnc2[nH]ccc12)C1CCC1. The first kappa shape index (κ1) is 13.1. The van der Waals surface area contributed by atoms with Gasteiger partial charge in [0.05, 0.1) is 17.5 Å². The quantitative estimate of drug-likeness (QED) is 0.782. The van der Waals surface area contributed by atoms with Gasteiger partial charge in [0, 0.05) is 6.20 Å². The number of carbonyl (C=O) groups excluding carboxylic acids is 1. The predicted octanol–water partition coefficient (Wildman–Crippen LogP) is 1.24. The highest BCUT2D eigenvalue weighted by Crippen LogP contribution is 2.36. The molecule has 3 rings (SSSR count). The van der Waals surface area contributed by atoms with Gasteiger partial charge in [0.2, 0.25) is 0 Å². The van der Waals surface area contributed by atoms with Crippen molar-refractivity contribution in [3.63, 3.8) is 0 Å². The Morgan fingerprint density at radius 3 is 3.00 bits per heavy atom. The zero-order valence-corrected chi connectivity index (χ0v) is 11.4. The van der Waals surface area contributed by atoms with Crippen LogP contribution in [0, 0.1) is 5.92 Å². The van der Waals surface area contributed by atoms with Gasteiger partial charge in [0.1, 0.15) is 17.7 Å². The van der Waals surface area contributed by atoms with E-state index in [0.29, 0.717) is 22.6 Å². The second-order valence-corrected chi connectivity index (χ2v) is 5.62. The Hall–Kier alpha value is -1.95. The van der Waals surface area contributed by atoms with E-state index < -0.39 is 5.54 Å². The number of aliphatic hydroxyl groups excluding tert-OH is 1. The number of aliphatic hydroxyl groups is 1. The number of amides is 1. The number of aromatic amines is 1. The fraction of sp³-hybridized carbons (Fsp3) is 0.500. The van der Waals surface area contributed by atoms with Crippen LogP contribution in [0.1, 0.15) is 36.7 Å². The van der Waals surface area contributed by atoms with Gasteiger partial charge in [-0.2, -0.15) is 0 Å². The maximum atomic E-state index is 12.4. The molecule has 6 nitrogen and oxygen atoms in total. The van der Waals surface area contributed by atoms with Gasteiger partial charge < -0.3 is 15.4 Å². The molecule has 3 N–H and O–H groups in total. The zero-order chi connectivity index (χ0) is 14.2. The van der Waals surface area contributed by atoms with Gasteiger partial charge in [-0.1, -0.05) is 6.42 Å². The molecule has 20 heavy (non-hydrogen) atoms. The summed E-state index contributed by atoms with van der Waals surface area (Å²) in [7, 11) is 0. The molecular weight excluding hydrogens is 256 g/mol. The van der Waals surface area contributed by atoms with Gasteiger partial charge in [-0.3, -0.25) is 4.79 Å². The Bertz CT molecular complexity index is 635. The third kappa shape index (κ3) is 2.06. The summed E-state index contributed by atoms with van der Waals surface area (Å²) in [6.07, 6.45) is 6.34. The largest absolute Gasteiger partial charge is 0.394 e. The normalized spacial score (nSPS) is 18.5. The summed E-state index contributed by atoms with van der Waals surface area (Å²) in [5.74, 6) is 0.0699. The van der Waals surface area contributed by atoms with Crippen LogP contribution in [0.2, 0.25) is 0 Å². The molecule has 2 aromatic heterocycles. The van der Waals surface area contributed by atoms with Gasteiger partial charge in [0.15, 0.2) is 0 Å². The van der Waals surface area contributed by atoms with Gasteiger partial charge in [-0.25, -0.2) is 9.97 Å². The maximum Gasteiger partial charge on any atom is 0.271 e. The standard InChI is InChI=1S/C14H18N4O2/c1-14(7-19,9-3-2-4-9)18-13(20)11-10-5-6-15-12(10)17-8-16-11/h5-6,8-9,19H,2-4,7H2,1H3,(H,18,20)(H,15,16,17). The molecule has 2 aromatic rings. The molecule has 0 aromatic carbocycles. The molecule has 1 aliphatic carbocycles. The molecule has 0 spiro atoms. The Morgan fingerprint density at radius 2 is 2.35 bits per heavy atom. The van der Waals surface area contributed by atoms with Crippen molar-refractivity contribution in [1.29, 1.82) is 0 Å². The molecule has 1 saturated carbocycles. The summed E-state index contributed by atoms with van der Waals surface area (Å²) in [5.41, 5.74) is 0.401. The van der Waals surface area contributed by atoms with Gasteiger partial charge >= 0.3 is 0 Å². The van der Waals surface area contributed by atoms with Crippen LogP contribution < -0.4 is 5.32 Å². The van der Waals surface area contributed by atoms with E-state index in [9.17, 15) is 9.90 Å². The van der Waals surface area contributed by atoms with Crippen molar-refractivity contribution in [2.75, 3.05) is 6.61 Å². The van der Waals surface area contributed by atoms with Crippen LogP contribution in [-0.4, -0.2) is 38.1 Å². The smallest absolute Gasteiger partial charge is 0.271 e. The first-order valence-electron chi connectivity index (χ1n) is 6.85. The Labute approximate surface area is 116 Å². The van der Waals surface area contributed by atoms with Crippen molar-refractivity contribution in [1.82, 2.24) is 20.3 Å². The minimum atomic E-state index is -0.580. The molecule has 1 atom stereocenters. The maximum absolute atomic E-state index is 12.4. The van der Waals surface area contributed by atoms with Crippen LogP contribution in [0.5, 0.6) is 0 Å². The number of hydrogen-bond donors (Lipinski definition) is 3. The average molecular weight is 274 g/mol. The number of aromatic nitrogens is 3. The number of nitrogens with zero attached hydrogens (tertiary/aromatic N) is 2. The van der Waals surface area contributed by atoms with Crippen LogP contribution >= 0.6 is 0 Å². The first-order valence-corrected chi connectivity index (χ1v) is 6.85. The van der Waals surface area contributed by atoms with Crippen molar-refractivity contribution in [3.8, 4) is 0 Å². The van der Waals surface area contributed by atoms with Crippen LogP contribution in [-0.2, 0) is 0 Å². The Balaban J connectivity index is 1.87. The molecule has 0 aliphatic heterocycles. The summed E-state index contributed by atoms with van der Waals surface area (Å²) in [4.78, 5) is 23.5. The fourth-order valence-corrected chi connectivity index (χ4v) is 2.69. The Morgan fingerprint density at radius 1 is 1.55 bits per heavy atom. The summed E-state index contributed by atoms with van der Waals surface area (Å²) in [6.45, 7) is 1.83. The van der Waals surface area contributed by atoms with Crippen molar-refractivity contribution in [3.05, 3.63) is 24.3 Å². The molecule has 1 fully saturated rings. The summed E-state index contributed by atoms with van der Waals surface area (Å²) in [5, 5.41) is 13.3. The topological polar surface area (TPSA) is 90.9 Å². The van der Waals surface area contributed by atoms with Crippen molar-refractivity contribution in [2.45, 2.75) is 31.7 Å². The number of fused-ring (bicyclic) bond motifs is 1. The van der Waals surface area contributed by atoms with Crippen molar-refractivity contribution >= 4 is 16.9 Å². The highest BCUT2D eigenvalue weighted by Gasteiger charge is 2.39. The van der Waals surface area contributed by atoms with E-state index in [-0.39, 0.29) is 12.5 Å². The van der Waals surface area contributed by atoms with E-state index in [1.165, 1.54) is 6.33 Å². The molecule has 1 amide bonds. The monoisotopic (exact) mass is 274 g/mol. The second kappa shape index (κ2) is 4.86. The van der Waals surface area contributed by atoms with E-state index >= 15 is 0 Å². The number of rotatable bonds is 4. The number of H-pyrrole nitrogens is 1. The molecular formula is C14H18N4O2. The fourth-order valence-electron chi connectivity index (χ4n) is 2.69. The van der Waals surface area contributed by atoms with Gasteiger partial charge in [-0.15, -0.1) is 0 Å². The molecule has 106 valence electrons. The number of hydrogen-bond acceptors (Lipinski definition) is 4. The molecule has 0 radical (unpaired) electrons. The van der Waals surface area contributed by atoms with Crippen molar-refractivity contribution < 1.29 is 9.90 Å². The molecule has 6 heteroatoms. The van der Waals surface area contributed by atoms with Crippen molar-refractivity contribution in [2.24, 2.45) is 5.92 Å². The minimum Gasteiger partial charge on any atom is -0.394 e. The first-order chi connectivity index (χ1) is 9.64. The highest BCUT2D eigenvalue weighted by atomic mass is 16.3. The highest BCUT2D eigenvalue weighted by molar-refractivity contribution is 6.03. The van der Waals surface area contributed by atoms with E-state index in [1.807, 2.05) is 6.92 Å². The lowest BCUT2D eigenvalue weighted by Crippen LogP contribution is -2.56. The Kier molecular flexibility index (Phi) is 3.17. The van der Waals surface area contributed by atoms with E-state index in [0.717, 1.165) is 19.3 Å². The van der Waals surface area contributed by atoms with E-state index in [1.54, 1.807) is 12.3 Å². The molecule has 0 bridgehead atoms.